The number of hydrogen-bond donors (Lipinski definition) is 2. The predicted octanol–water partition coefficient (Wildman–Crippen LogP) is 3.19. The SMILES string of the molecule is CCNc1cc(NC2CCCCCC2)nc(COC)n1. The van der Waals surface area contributed by atoms with Crippen molar-refractivity contribution in [3.05, 3.63) is 11.9 Å². The molecule has 0 bridgehead atoms. The Kier molecular flexibility index (Phi) is 6.05. The van der Waals surface area contributed by atoms with E-state index in [9.17, 15) is 0 Å². The molecule has 1 aromatic heterocycles. The highest BCUT2D eigenvalue weighted by Crippen LogP contribution is 2.21. The lowest BCUT2D eigenvalue weighted by molar-refractivity contribution is 0.178. The zero-order valence-electron chi connectivity index (χ0n) is 12.6. The summed E-state index contributed by atoms with van der Waals surface area (Å²) in [7, 11) is 1.67. The van der Waals surface area contributed by atoms with Crippen molar-refractivity contribution >= 4 is 11.6 Å². The molecule has 1 fully saturated rings. The van der Waals surface area contributed by atoms with E-state index in [1.165, 1.54) is 38.5 Å². The molecule has 0 aromatic carbocycles. The van der Waals surface area contributed by atoms with Crippen LogP contribution >= 0.6 is 0 Å². The van der Waals surface area contributed by atoms with E-state index in [2.05, 4.69) is 27.5 Å². The first kappa shape index (κ1) is 15.0. The van der Waals surface area contributed by atoms with Gasteiger partial charge in [-0.2, -0.15) is 0 Å². The highest BCUT2D eigenvalue weighted by molar-refractivity contribution is 5.48. The lowest BCUT2D eigenvalue weighted by Gasteiger charge is -2.18. The minimum atomic E-state index is 0.443. The van der Waals surface area contributed by atoms with Gasteiger partial charge in [0.15, 0.2) is 5.82 Å². The molecule has 5 heteroatoms. The number of anilines is 2. The van der Waals surface area contributed by atoms with Gasteiger partial charge in [0.2, 0.25) is 0 Å². The molecular weight excluding hydrogens is 252 g/mol. The molecule has 0 saturated heterocycles. The summed E-state index contributed by atoms with van der Waals surface area (Å²) < 4.78 is 5.15. The van der Waals surface area contributed by atoms with Crippen molar-refractivity contribution in [2.75, 3.05) is 24.3 Å². The van der Waals surface area contributed by atoms with E-state index in [1.54, 1.807) is 7.11 Å². The molecular formula is C15H26N4O. The first-order chi connectivity index (χ1) is 9.81. The van der Waals surface area contributed by atoms with E-state index in [0.29, 0.717) is 12.6 Å². The summed E-state index contributed by atoms with van der Waals surface area (Å²) in [5.41, 5.74) is 0. The molecule has 0 amide bonds. The van der Waals surface area contributed by atoms with Crippen LogP contribution in [0.2, 0.25) is 0 Å². The molecule has 2 rings (SSSR count). The molecule has 2 N–H and O–H groups in total. The summed E-state index contributed by atoms with van der Waals surface area (Å²) in [4.78, 5) is 8.98. The molecule has 1 aliphatic carbocycles. The van der Waals surface area contributed by atoms with Crippen molar-refractivity contribution in [2.45, 2.75) is 58.1 Å². The van der Waals surface area contributed by atoms with Crippen LogP contribution in [0.5, 0.6) is 0 Å². The summed E-state index contributed by atoms with van der Waals surface area (Å²) >= 11 is 0. The van der Waals surface area contributed by atoms with Gasteiger partial charge < -0.3 is 15.4 Å². The minimum Gasteiger partial charge on any atom is -0.377 e. The molecule has 1 aliphatic rings. The fraction of sp³-hybridized carbons (Fsp3) is 0.733. The lowest BCUT2D eigenvalue weighted by atomic mass is 10.1. The second kappa shape index (κ2) is 8.04. The van der Waals surface area contributed by atoms with Gasteiger partial charge in [0.05, 0.1) is 0 Å². The van der Waals surface area contributed by atoms with Crippen molar-refractivity contribution < 1.29 is 4.74 Å². The Balaban J connectivity index is 2.07. The van der Waals surface area contributed by atoms with Gasteiger partial charge in [-0.1, -0.05) is 25.7 Å². The van der Waals surface area contributed by atoms with Crippen LogP contribution < -0.4 is 10.6 Å². The largest absolute Gasteiger partial charge is 0.377 e. The van der Waals surface area contributed by atoms with E-state index in [-0.39, 0.29) is 0 Å². The molecule has 0 atom stereocenters. The summed E-state index contributed by atoms with van der Waals surface area (Å²) in [5.74, 6) is 2.50. The van der Waals surface area contributed by atoms with Gasteiger partial charge in [0.25, 0.3) is 0 Å². The van der Waals surface area contributed by atoms with Gasteiger partial charge in [-0.05, 0) is 19.8 Å². The van der Waals surface area contributed by atoms with Crippen LogP contribution in [-0.4, -0.2) is 29.7 Å². The van der Waals surface area contributed by atoms with Gasteiger partial charge in [-0.25, -0.2) is 9.97 Å². The summed E-state index contributed by atoms with van der Waals surface area (Å²) in [6.07, 6.45) is 7.82. The van der Waals surface area contributed by atoms with E-state index < -0.39 is 0 Å². The third-order valence-corrected chi connectivity index (χ3v) is 3.61. The molecule has 112 valence electrons. The van der Waals surface area contributed by atoms with Crippen LogP contribution in [0.3, 0.4) is 0 Å². The maximum Gasteiger partial charge on any atom is 0.158 e. The standard InChI is InChI=1S/C15H26N4O/c1-3-16-13-10-14(19-15(18-13)11-20-2)17-12-8-6-4-5-7-9-12/h10,12H,3-9,11H2,1-2H3,(H2,16,17,18,19). The average Bonchev–Trinajstić information content (AvgIpc) is 2.68. The summed E-state index contributed by atoms with van der Waals surface area (Å²) in [6.45, 7) is 3.36. The molecule has 0 radical (unpaired) electrons. The third kappa shape index (κ3) is 4.63. The molecule has 1 heterocycles. The van der Waals surface area contributed by atoms with Gasteiger partial charge in [-0.15, -0.1) is 0 Å². The molecule has 0 unspecified atom stereocenters. The smallest absolute Gasteiger partial charge is 0.158 e. The maximum absolute atomic E-state index is 5.15. The van der Waals surface area contributed by atoms with Crippen molar-refractivity contribution in [3.63, 3.8) is 0 Å². The maximum atomic E-state index is 5.15. The number of methoxy groups -OCH3 is 1. The van der Waals surface area contributed by atoms with Gasteiger partial charge >= 0.3 is 0 Å². The second-order valence-corrected chi connectivity index (χ2v) is 5.35. The van der Waals surface area contributed by atoms with E-state index >= 15 is 0 Å². The fourth-order valence-electron chi connectivity index (χ4n) is 2.67. The summed E-state index contributed by atoms with van der Waals surface area (Å²) in [6, 6.07) is 2.53. The Labute approximate surface area is 121 Å². The monoisotopic (exact) mass is 278 g/mol. The topological polar surface area (TPSA) is 59.1 Å². The van der Waals surface area contributed by atoms with Crippen LogP contribution in [0, 0.1) is 0 Å². The van der Waals surface area contributed by atoms with Crippen molar-refractivity contribution in [1.82, 2.24) is 9.97 Å². The second-order valence-electron chi connectivity index (χ2n) is 5.35. The van der Waals surface area contributed by atoms with Gasteiger partial charge in [0, 0.05) is 25.8 Å². The first-order valence-corrected chi connectivity index (χ1v) is 7.69. The zero-order chi connectivity index (χ0) is 14.2. The Hall–Kier alpha value is -1.36. The molecule has 0 aliphatic heterocycles. The van der Waals surface area contributed by atoms with Crippen LogP contribution in [0.15, 0.2) is 6.07 Å². The Morgan fingerprint density at radius 2 is 1.85 bits per heavy atom. The van der Waals surface area contributed by atoms with E-state index in [0.717, 1.165) is 24.0 Å². The van der Waals surface area contributed by atoms with Crippen LogP contribution in [-0.2, 0) is 11.3 Å². The van der Waals surface area contributed by atoms with E-state index in [4.69, 9.17) is 4.74 Å². The molecule has 5 nitrogen and oxygen atoms in total. The van der Waals surface area contributed by atoms with Crippen molar-refractivity contribution in [3.8, 4) is 0 Å². The number of rotatable bonds is 6. The van der Waals surface area contributed by atoms with Crippen molar-refractivity contribution in [1.29, 1.82) is 0 Å². The Morgan fingerprint density at radius 3 is 2.50 bits per heavy atom. The van der Waals surface area contributed by atoms with Gasteiger partial charge in [-0.3, -0.25) is 0 Å². The third-order valence-electron chi connectivity index (χ3n) is 3.61. The van der Waals surface area contributed by atoms with Crippen LogP contribution in [0.25, 0.3) is 0 Å². The molecule has 1 aromatic rings. The number of nitrogens with zero attached hydrogens (tertiary/aromatic N) is 2. The van der Waals surface area contributed by atoms with Crippen LogP contribution in [0.4, 0.5) is 11.6 Å². The first-order valence-electron chi connectivity index (χ1n) is 7.69. The molecule has 0 spiro atoms. The number of nitrogens with one attached hydrogen (secondary N) is 2. The Morgan fingerprint density at radius 1 is 1.15 bits per heavy atom. The van der Waals surface area contributed by atoms with E-state index in [1.807, 2.05) is 6.07 Å². The van der Waals surface area contributed by atoms with Crippen LogP contribution in [0.1, 0.15) is 51.3 Å². The molecule has 20 heavy (non-hydrogen) atoms. The lowest BCUT2D eigenvalue weighted by Crippen LogP contribution is -2.20. The Bertz CT molecular complexity index is 379. The highest BCUT2D eigenvalue weighted by Gasteiger charge is 2.13. The number of ether oxygens (including phenoxy) is 1. The number of aromatic nitrogens is 2. The van der Waals surface area contributed by atoms with Crippen molar-refractivity contribution in [2.24, 2.45) is 0 Å². The average molecular weight is 278 g/mol. The summed E-state index contributed by atoms with van der Waals surface area (Å²) in [5, 5.41) is 6.82. The normalized spacial score (nSPS) is 16.7. The van der Waals surface area contributed by atoms with Gasteiger partial charge in [0.1, 0.15) is 18.2 Å². The number of hydrogen-bond acceptors (Lipinski definition) is 5. The highest BCUT2D eigenvalue weighted by atomic mass is 16.5. The zero-order valence-corrected chi connectivity index (χ0v) is 12.6. The fourth-order valence-corrected chi connectivity index (χ4v) is 2.67. The predicted molar refractivity (Wildman–Crippen MR) is 82.0 cm³/mol. The minimum absolute atomic E-state index is 0.443. The molecule has 1 saturated carbocycles. The quantitative estimate of drug-likeness (QED) is 0.783.